The molecule has 0 aliphatic rings. The first-order valence-corrected chi connectivity index (χ1v) is 7.20. The van der Waals surface area contributed by atoms with Crippen LogP contribution in [0.3, 0.4) is 0 Å². The molecule has 0 saturated heterocycles. The van der Waals surface area contributed by atoms with Gasteiger partial charge in [-0.3, -0.25) is 4.98 Å². The molecule has 0 aliphatic carbocycles. The fraction of sp³-hybridized carbons (Fsp3) is 0.688. The van der Waals surface area contributed by atoms with Crippen molar-refractivity contribution >= 4 is 0 Å². The minimum atomic E-state index is -0.0746. The maximum atomic E-state index is 5.51. The Labute approximate surface area is 117 Å². The van der Waals surface area contributed by atoms with Crippen molar-refractivity contribution in [3.63, 3.8) is 0 Å². The lowest BCUT2D eigenvalue weighted by Crippen LogP contribution is -2.28. The van der Waals surface area contributed by atoms with Gasteiger partial charge in [0.05, 0.1) is 11.3 Å². The van der Waals surface area contributed by atoms with Gasteiger partial charge in [0, 0.05) is 19.3 Å². The van der Waals surface area contributed by atoms with Crippen LogP contribution in [0.5, 0.6) is 0 Å². The summed E-state index contributed by atoms with van der Waals surface area (Å²) < 4.78 is 5.51. The number of ether oxygens (including phenoxy) is 1. The summed E-state index contributed by atoms with van der Waals surface area (Å²) in [6.45, 7) is 9.61. The first kappa shape index (κ1) is 16.1. The van der Waals surface area contributed by atoms with Gasteiger partial charge < -0.3 is 10.1 Å². The molecule has 1 atom stereocenters. The monoisotopic (exact) mass is 264 g/mol. The van der Waals surface area contributed by atoms with Crippen LogP contribution in [0, 0.1) is 6.92 Å². The van der Waals surface area contributed by atoms with Gasteiger partial charge in [-0.05, 0) is 58.2 Å². The number of pyridine rings is 1. The zero-order valence-corrected chi connectivity index (χ0v) is 13.0. The Morgan fingerprint density at radius 2 is 2.16 bits per heavy atom. The van der Waals surface area contributed by atoms with E-state index in [-0.39, 0.29) is 5.60 Å². The lowest BCUT2D eigenvalue weighted by atomic mass is 9.95. The molecule has 0 amide bonds. The average Bonchev–Trinajstić information content (AvgIpc) is 2.40. The summed E-state index contributed by atoms with van der Waals surface area (Å²) in [7, 11) is 1.78. The SMILES string of the molecule is CCCNC(CCC(C)(C)OC)c1ncccc1C. The van der Waals surface area contributed by atoms with E-state index in [1.165, 1.54) is 11.3 Å². The number of hydrogen-bond donors (Lipinski definition) is 1. The number of rotatable bonds is 8. The molecule has 3 nitrogen and oxygen atoms in total. The first-order chi connectivity index (χ1) is 9.00. The molecule has 1 N–H and O–H groups in total. The second-order valence-electron chi connectivity index (χ2n) is 5.71. The van der Waals surface area contributed by atoms with E-state index in [1.807, 2.05) is 12.3 Å². The van der Waals surface area contributed by atoms with Crippen LogP contribution in [0.2, 0.25) is 0 Å². The zero-order chi connectivity index (χ0) is 14.3. The topological polar surface area (TPSA) is 34.1 Å². The molecule has 0 spiro atoms. The fourth-order valence-corrected chi connectivity index (χ4v) is 2.11. The second kappa shape index (κ2) is 7.61. The summed E-state index contributed by atoms with van der Waals surface area (Å²) >= 11 is 0. The zero-order valence-electron chi connectivity index (χ0n) is 13.0. The molecule has 1 rings (SSSR count). The molecule has 0 radical (unpaired) electrons. The van der Waals surface area contributed by atoms with Crippen LogP contribution in [-0.2, 0) is 4.74 Å². The molecular formula is C16H28N2O. The minimum Gasteiger partial charge on any atom is -0.379 e. The highest BCUT2D eigenvalue weighted by Crippen LogP contribution is 2.25. The molecule has 108 valence electrons. The summed E-state index contributed by atoms with van der Waals surface area (Å²) in [5.41, 5.74) is 2.35. The van der Waals surface area contributed by atoms with Gasteiger partial charge >= 0.3 is 0 Å². The van der Waals surface area contributed by atoms with Crippen molar-refractivity contribution in [2.45, 2.75) is 58.6 Å². The van der Waals surface area contributed by atoms with Crippen LogP contribution in [0.25, 0.3) is 0 Å². The van der Waals surface area contributed by atoms with Crippen molar-refractivity contribution in [3.05, 3.63) is 29.6 Å². The summed E-state index contributed by atoms with van der Waals surface area (Å²) in [4.78, 5) is 4.55. The molecule has 0 fully saturated rings. The highest BCUT2D eigenvalue weighted by atomic mass is 16.5. The first-order valence-electron chi connectivity index (χ1n) is 7.20. The second-order valence-corrected chi connectivity index (χ2v) is 5.71. The van der Waals surface area contributed by atoms with Crippen LogP contribution >= 0.6 is 0 Å². The Kier molecular flexibility index (Phi) is 6.46. The third kappa shape index (κ3) is 5.29. The van der Waals surface area contributed by atoms with E-state index < -0.39 is 0 Å². The van der Waals surface area contributed by atoms with Crippen molar-refractivity contribution < 1.29 is 4.74 Å². The Hall–Kier alpha value is -0.930. The van der Waals surface area contributed by atoms with E-state index in [0.717, 1.165) is 25.8 Å². The summed E-state index contributed by atoms with van der Waals surface area (Å²) in [6.07, 6.45) is 5.07. The number of methoxy groups -OCH3 is 1. The highest BCUT2D eigenvalue weighted by molar-refractivity contribution is 5.21. The standard InChI is InChI=1S/C16H28N2O/c1-6-11-17-14(9-10-16(3,4)19-5)15-13(2)8-7-12-18-15/h7-8,12,14,17H,6,9-11H2,1-5H3. The number of nitrogens with zero attached hydrogens (tertiary/aromatic N) is 1. The van der Waals surface area contributed by atoms with Gasteiger partial charge in [-0.1, -0.05) is 13.0 Å². The van der Waals surface area contributed by atoms with Gasteiger partial charge in [0.25, 0.3) is 0 Å². The predicted molar refractivity (Wildman–Crippen MR) is 80.3 cm³/mol. The van der Waals surface area contributed by atoms with Crippen LogP contribution in [0.1, 0.15) is 57.3 Å². The van der Waals surface area contributed by atoms with Crippen molar-refractivity contribution in [3.8, 4) is 0 Å². The summed E-state index contributed by atoms with van der Waals surface area (Å²) in [5, 5.41) is 3.61. The number of hydrogen-bond acceptors (Lipinski definition) is 3. The molecule has 1 aromatic rings. The Bertz CT molecular complexity index is 377. The molecule has 0 aliphatic heterocycles. The van der Waals surface area contributed by atoms with Gasteiger partial charge in [0.15, 0.2) is 0 Å². The van der Waals surface area contributed by atoms with Crippen LogP contribution in [-0.4, -0.2) is 24.2 Å². The van der Waals surface area contributed by atoms with Crippen molar-refractivity contribution in [2.75, 3.05) is 13.7 Å². The van der Waals surface area contributed by atoms with Crippen LogP contribution < -0.4 is 5.32 Å². The van der Waals surface area contributed by atoms with E-state index in [0.29, 0.717) is 6.04 Å². The quantitative estimate of drug-likeness (QED) is 0.778. The Balaban J connectivity index is 2.75. The van der Waals surface area contributed by atoms with Crippen molar-refractivity contribution in [1.29, 1.82) is 0 Å². The van der Waals surface area contributed by atoms with E-state index in [9.17, 15) is 0 Å². The molecule has 3 heteroatoms. The molecule has 0 saturated carbocycles. The lowest BCUT2D eigenvalue weighted by Gasteiger charge is -2.27. The van der Waals surface area contributed by atoms with Crippen LogP contribution in [0.4, 0.5) is 0 Å². The number of aromatic nitrogens is 1. The van der Waals surface area contributed by atoms with Gasteiger partial charge in [-0.25, -0.2) is 0 Å². The molecule has 0 bridgehead atoms. The minimum absolute atomic E-state index is 0.0746. The van der Waals surface area contributed by atoms with Gasteiger partial charge in [-0.2, -0.15) is 0 Å². The molecule has 1 heterocycles. The third-order valence-electron chi connectivity index (χ3n) is 3.61. The van der Waals surface area contributed by atoms with E-state index in [4.69, 9.17) is 4.74 Å². The molecule has 0 aromatic carbocycles. The smallest absolute Gasteiger partial charge is 0.0623 e. The number of aryl methyl sites for hydroxylation is 1. The Morgan fingerprint density at radius 1 is 1.42 bits per heavy atom. The van der Waals surface area contributed by atoms with Gasteiger partial charge in [0.1, 0.15) is 0 Å². The maximum absolute atomic E-state index is 5.51. The average molecular weight is 264 g/mol. The molecular weight excluding hydrogens is 236 g/mol. The molecule has 1 aromatic heterocycles. The summed E-state index contributed by atoms with van der Waals surface area (Å²) in [6, 6.07) is 4.44. The fourth-order valence-electron chi connectivity index (χ4n) is 2.11. The van der Waals surface area contributed by atoms with Crippen molar-refractivity contribution in [1.82, 2.24) is 10.3 Å². The highest BCUT2D eigenvalue weighted by Gasteiger charge is 2.21. The van der Waals surface area contributed by atoms with Crippen LogP contribution in [0.15, 0.2) is 18.3 Å². The number of nitrogens with one attached hydrogen (secondary N) is 1. The molecule has 19 heavy (non-hydrogen) atoms. The van der Waals surface area contributed by atoms with Gasteiger partial charge in [-0.15, -0.1) is 0 Å². The third-order valence-corrected chi connectivity index (χ3v) is 3.61. The van der Waals surface area contributed by atoms with E-state index in [2.05, 4.69) is 44.1 Å². The normalized spacial score (nSPS) is 13.5. The maximum Gasteiger partial charge on any atom is 0.0623 e. The van der Waals surface area contributed by atoms with Crippen molar-refractivity contribution in [2.24, 2.45) is 0 Å². The largest absolute Gasteiger partial charge is 0.379 e. The molecule has 1 unspecified atom stereocenters. The van der Waals surface area contributed by atoms with Gasteiger partial charge in [0.2, 0.25) is 0 Å². The Morgan fingerprint density at radius 3 is 2.74 bits per heavy atom. The predicted octanol–water partition coefficient (Wildman–Crippen LogP) is 3.64. The lowest BCUT2D eigenvalue weighted by molar-refractivity contribution is 0.0116. The van der Waals surface area contributed by atoms with E-state index in [1.54, 1.807) is 7.11 Å². The summed E-state index contributed by atoms with van der Waals surface area (Å²) in [5.74, 6) is 0. The van der Waals surface area contributed by atoms with E-state index >= 15 is 0 Å².